The van der Waals surface area contributed by atoms with Gasteiger partial charge in [0.15, 0.2) is 0 Å². The molecule has 1 aromatic rings. The number of rotatable bonds is 6. The van der Waals surface area contributed by atoms with E-state index in [4.69, 9.17) is 10.5 Å². The van der Waals surface area contributed by atoms with Crippen LogP contribution >= 0.6 is 0 Å². The molecule has 1 aromatic carbocycles. The summed E-state index contributed by atoms with van der Waals surface area (Å²) in [5.74, 6) is 0.642. The lowest BCUT2D eigenvalue weighted by Gasteiger charge is -2.39. The minimum absolute atomic E-state index is 0.160. The third-order valence-corrected chi connectivity index (χ3v) is 3.76. The number of para-hydroxylation sites is 2. The van der Waals surface area contributed by atoms with Crippen LogP contribution in [0.3, 0.4) is 0 Å². The average Bonchev–Trinajstić information content (AvgIpc) is 2.48. The molecular weight excluding hydrogens is 254 g/mol. The molecule has 20 heavy (non-hydrogen) atoms. The number of ether oxygens (including phenoxy) is 1. The molecule has 3 N–H and O–H groups in total. The summed E-state index contributed by atoms with van der Waals surface area (Å²) in [5, 5.41) is 2.89. The Bertz CT molecular complexity index is 444. The van der Waals surface area contributed by atoms with Crippen LogP contribution in [-0.4, -0.2) is 36.7 Å². The smallest absolute Gasteiger partial charge is 0.322 e. The largest absolute Gasteiger partial charge is 0.495 e. The van der Waals surface area contributed by atoms with E-state index in [1.807, 2.05) is 45.0 Å². The summed E-state index contributed by atoms with van der Waals surface area (Å²) in [5.41, 5.74) is 6.15. The molecule has 0 aromatic heterocycles. The minimum atomic E-state index is -0.346. The monoisotopic (exact) mass is 279 g/mol. The maximum atomic E-state index is 12.5. The zero-order valence-electron chi connectivity index (χ0n) is 12.8. The summed E-state index contributed by atoms with van der Waals surface area (Å²) in [6.45, 7) is 7.01. The van der Waals surface area contributed by atoms with Gasteiger partial charge in [0.2, 0.25) is 0 Å². The van der Waals surface area contributed by atoms with Crippen molar-refractivity contribution in [2.75, 3.05) is 25.5 Å². The van der Waals surface area contributed by atoms with Gasteiger partial charge in [0.05, 0.1) is 18.3 Å². The Hall–Kier alpha value is -1.75. The molecule has 2 amide bonds. The second-order valence-electron chi connectivity index (χ2n) is 4.93. The van der Waals surface area contributed by atoms with Crippen molar-refractivity contribution in [1.29, 1.82) is 0 Å². The van der Waals surface area contributed by atoms with Crippen molar-refractivity contribution >= 4 is 11.7 Å². The molecule has 0 aliphatic heterocycles. The highest BCUT2D eigenvalue weighted by Crippen LogP contribution is 2.25. The van der Waals surface area contributed by atoms with Crippen LogP contribution in [0, 0.1) is 0 Å². The Morgan fingerprint density at radius 1 is 1.40 bits per heavy atom. The first-order valence-corrected chi connectivity index (χ1v) is 6.94. The lowest BCUT2D eigenvalue weighted by molar-refractivity contribution is 0.140. The van der Waals surface area contributed by atoms with E-state index >= 15 is 0 Å². The minimum Gasteiger partial charge on any atom is -0.495 e. The van der Waals surface area contributed by atoms with E-state index in [0.717, 1.165) is 6.42 Å². The molecule has 5 nitrogen and oxygen atoms in total. The summed E-state index contributed by atoms with van der Waals surface area (Å²) in [7, 11) is 1.58. The molecule has 1 atom stereocenters. The van der Waals surface area contributed by atoms with Gasteiger partial charge in [-0.15, -0.1) is 0 Å². The Balaban J connectivity index is 2.93. The van der Waals surface area contributed by atoms with Gasteiger partial charge in [-0.2, -0.15) is 0 Å². The number of urea groups is 1. The highest BCUT2D eigenvalue weighted by Gasteiger charge is 2.31. The Morgan fingerprint density at radius 3 is 2.55 bits per heavy atom. The predicted molar refractivity (Wildman–Crippen MR) is 82.1 cm³/mol. The number of hydrogen-bond acceptors (Lipinski definition) is 3. The molecule has 0 aliphatic rings. The summed E-state index contributed by atoms with van der Waals surface area (Å²) in [4.78, 5) is 14.2. The molecule has 1 rings (SSSR count). The fourth-order valence-corrected chi connectivity index (χ4v) is 2.15. The summed E-state index contributed by atoms with van der Waals surface area (Å²) >= 11 is 0. The fraction of sp³-hybridized carbons (Fsp3) is 0.533. The third kappa shape index (κ3) is 3.42. The molecule has 112 valence electrons. The van der Waals surface area contributed by atoms with Gasteiger partial charge in [-0.1, -0.05) is 19.1 Å². The van der Waals surface area contributed by atoms with Gasteiger partial charge in [-0.25, -0.2) is 4.79 Å². The summed E-state index contributed by atoms with van der Waals surface area (Å²) in [6.07, 6.45) is 0.802. The maximum absolute atomic E-state index is 12.5. The number of nitrogens with zero attached hydrogens (tertiary/aromatic N) is 1. The van der Waals surface area contributed by atoms with Crippen molar-refractivity contribution in [2.24, 2.45) is 5.73 Å². The second kappa shape index (κ2) is 7.14. The number of likely N-dealkylation sites (N-methyl/N-ethyl adjacent to an activating group) is 1. The van der Waals surface area contributed by atoms with Crippen LogP contribution in [0.2, 0.25) is 0 Å². The number of benzene rings is 1. The molecule has 0 spiro atoms. The number of carbonyl (C=O) groups excluding carboxylic acids is 1. The van der Waals surface area contributed by atoms with Crippen molar-refractivity contribution in [3.63, 3.8) is 0 Å². The van der Waals surface area contributed by atoms with Crippen LogP contribution in [-0.2, 0) is 0 Å². The van der Waals surface area contributed by atoms with E-state index in [1.165, 1.54) is 0 Å². The fourth-order valence-electron chi connectivity index (χ4n) is 2.15. The topological polar surface area (TPSA) is 67.6 Å². The average molecular weight is 279 g/mol. The van der Waals surface area contributed by atoms with Crippen LogP contribution in [0.4, 0.5) is 10.5 Å². The van der Waals surface area contributed by atoms with Gasteiger partial charge in [0, 0.05) is 13.1 Å². The molecule has 0 saturated heterocycles. The summed E-state index contributed by atoms with van der Waals surface area (Å²) < 4.78 is 5.24. The molecule has 0 bridgehead atoms. The van der Waals surface area contributed by atoms with Gasteiger partial charge in [-0.05, 0) is 32.4 Å². The van der Waals surface area contributed by atoms with Crippen LogP contribution in [0.25, 0.3) is 0 Å². The second-order valence-corrected chi connectivity index (χ2v) is 4.93. The molecular formula is C15H25N3O2. The number of anilines is 1. The molecule has 0 heterocycles. The van der Waals surface area contributed by atoms with E-state index in [2.05, 4.69) is 5.32 Å². The van der Waals surface area contributed by atoms with Crippen molar-refractivity contribution in [2.45, 2.75) is 32.7 Å². The van der Waals surface area contributed by atoms with E-state index < -0.39 is 0 Å². The van der Waals surface area contributed by atoms with Crippen LogP contribution in [0.15, 0.2) is 24.3 Å². The van der Waals surface area contributed by atoms with Crippen molar-refractivity contribution in [1.82, 2.24) is 4.90 Å². The standard InChI is InChI=1S/C15H25N3O2/c1-5-15(3,11-16)18(6-2)14(19)17-12-9-7-8-10-13(12)20-4/h7-10H,5-6,11,16H2,1-4H3,(H,17,19). The Kier molecular flexibility index (Phi) is 5.82. The first-order valence-electron chi connectivity index (χ1n) is 6.94. The van der Waals surface area contributed by atoms with Gasteiger partial charge in [0.1, 0.15) is 5.75 Å². The van der Waals surface area contributed by atoms with E-state index in [1.54, 1.807) is 12.0 Å². The lowest BCUT2D eigenvalue weighted by atomic mass is 9.97. The highest BCUT2D eigenvalue weighted by molar-refractivity contribution is 5.91. The van der Waals surface area contributed by atoms with E-state index in [9.17, 15) is 4.79 Å². The van der Waals surface area contributed by atoms with Gasteiger partial charge >= 0.3 is 6.03 Å². The SMILES string of the molecule is CCN(C(=O)Nc1ccccc1OC)C(C)(CC)CN. The Labute approximate surface area is 121 Å². The number of hydrogen-bond donors (Lipinski definition) is 2. The molecule has 0 saturated carbocycles. The molecule has 0 aliphatic carbocycles. The van der Waals surface area contributed by atoms with E-state index in [0.29, 0.717) is 24.5 Å². The highest BCUT2D eigenvalue weighted by atomic mass is 16.5. The van der Waals surface area contributed by atoms with Gasteiger partial charge < -0.3 is 20.7 Å². The molecule has 0 fully saturated rings. The van der Waals surface area contributed by atoms with Crippen molar-refractivity contribution in [3.05, 3.63) is 24.3 Å². The number of nitrogens with one attached hydrogen (secondary N) is 1. The first kappa shape index (κ1) is 16.3. The summed E-state index contributed by atoms with van der Waals surface area (Å²) in [6, 6.07) is 7.19. The molecule has 5 heteroatoms. The molecule has 1 unspecified atom stereocenters. The van der Waals surface area contributed by atoms with Crippen molar-refractivity contribution < 1.29 is 9.53 Å². The molecule has 0 radical (unpaired) electrons. The zero-order valence-corrected chi connectivity index (χ0v) is 12.8. The van der Waals surface area contributed by atoms with Gasteiger partial charge in [0.25, 0.3) is 0 Å². The quantitative estimate of drug-likeness (QED) is 0.841. The zero-order chi connectivity index (χ0) is 15.2. The van der Waals surface area contributed by atoms with Crippen molar-refractivity contribution in [3.8, 4) is 5.75 Å². The number of amides is 2. The maximum Gasteiger partial charge on any atom is 0.322 e. The van der Waals surface area contributed by atoms with E-state index in [-0.39, 0.29) is 11.6 Å². The third-order valence-electron chi connectivity index (χ3n) is 3.76. The number of nitrogens with two attached hydrogens (primary N) is 1. The predicted octanol–water partition coefficient (Wildman–Crippen LogP) is 2.68. The van der Waals surface area contributed by atoms with Crippen LogP contribution in [0.1, 0.15) is 27.2 Å². The normalized spacial score (nSPS) is 13.4. The number of carbonyl (C=O) groups is 1. The lowest BCUT2D eigenvalue weighted by Crippen LogP contribution is -2.55. The number of methoxy groups -OCH3 is 1. The first-order chi connectivity index (χ1) is 9.52. The van der Waals surface area contributed by atoms with Gasteiger partial charge in [-0.3, -0.25) is 0 Å². The Morgan fingerprint density at radius 2 is 2.05 bits per heavy atom. The van der Waals surface area contributed by atoms with Crippen LogP contribution in [0.5, 0.6) is 5.75 Å². The van der Waals surface area contributed by atoms with Crippen LogP contribution < -0.4 is 15.8 Å².